The van der Waals surface area contributed by atoms with Crippen molar-refractivity contribution in [1.82, 2.24) is 0 Å². The van der Waals surface area contributed by atoms with E-state index in [4.69, 9.17) is 14.2 Å². The summed E-state index contributed by atoms with van der Waals surface area (Å²) >= 11 is 0. The van der Waals surface area contributed by atoms with Crippen LogP contribution in [0.4, 0.5) is 0 Å². The minimum absolute atomic E-state index is 0.107. The third-order valence-corrected chi connectivity index (χ3v) is 13.2. The lowest BCUT2D eigenvalue weighted by atomic mass is 10.1. The van der Waals surface area contributed by atoms with E-state index in [-0.39, 0.29) is 31.1 Å². The fourth-order valence-electron chi connectivity index (χ4n) is 8.36. The molecule has 0 rings (SSSR count). The Hall–Kier alpha value is -5.23. The maximum Gasteiger partial charge on any atom is 0.306 e. The van der Waals surface area contributed by atoms with Crippen molar-refractivity contribution in [3.8, 4) is 0 Å². The maximum atomic E-state index is 12.9. The van der Waals surface area contributed by atoms with Gasteiger partial charge >= 0.3 is 17.9 Å². The standard InChI is InChI=1S/C75H118O6/c1-4-7-10-13-16-19-22-25-27-29-30-31-32-33-34-35-36-37-38-39-40-41-42-43-44-46-47-50-53-56-59-62-65-68-74(77)80-71-72(70-79-73(76)67-64-61-58-55-52-49-24-21-18-15-12-9-6-3)81-75(78)69-66-63-60-57-54-51-48-45-28-26-23-20-17-14-11-8-5-2/h7-8,10-11,16-17,19-21,24-28,30-31,33-34,36-37,39-40,42-43,46-47,53,56,72H,4-6,9,12-15,18,22-23,29,32,35,38,41,44-45,48-52,54-55,57-71H2,1-3H3/b10-7-,11-8-,19-16-,20-17-,24-21-,27-25-,28-26-,31-30-,34-33-,37-36-,40-39-,43-42-,47-46-,56-53-. The van der Waals surface area contributed by atoms with E-state index >= 15 is 0 Å². The Kier molecular flexibility index (Phi) is 62.9. The van der Waals surface area contributed by atoms with E-state index in [1.54, 1.807) is 0 Å². The van der Waals surface area contributed by atoms with Crippen molar-refractivity contribution in [3.63, 3.8) is 0 Å². The normalized spacial score (nSPS) is 13.3. The van der Waals surface area contributed by atoms with Crippen LogP contribution in [0.15, 0.2) is 170 Å². The zero-order chi connectivity index (χ0) is 58.5. The van der Waals surface area contributed by atoms with Crippen LogP contribution in [-0.2, 0) is 28.6 Å². The summed E-state index contributed by atoms with van der Waals surface area (Å²) in [7, 11) is 0. The third-order valence-electron chi connectivity index (χ3n) is 13.2. The topological polar surface area (TPSA) is 78.9 Å². The van der Waals surface area contributed by atoms with Gasteiger partial charge in [-0.25, -0.2) is 0 Å². The number of esters is 3. The summed E-state index contributed by atoms with van der Waals surface area (Å²) in [6.45, 7) is 6.34. The van der Waals surface area contributed by atoms with E-state index in [0.717, 1.165) is 161 Å². The fraction of sp³-hybridized carbons (Fsp3) is 0.587. The molecule has 81 heavy (non-hydrogen) atoms. The molecule has 0 aromatic carbocycles. The van der Waals surface area contributed by atoms with Crippen molar-refractivity contribution < 1.29 is 28.6 Å². The molecule has 0 N–H and O–H groups in total. The maximum absolute atomic E-state index is 12.9. The molecule has 0 fully saturated rings. The molecular weight excluding hydrogens is 997 g/mol. The number of hydrogen-bond acceptors (Lipinski definition) is 6. The highest BCUT2D eigenvalue weighted by Crippen LogP contribution is 2.14. The second kappa shape index (κ2) is 67.3. The van der Waals surface area contributed by atoms with Crippen LogP contribution in [0.25, 0.3) is 0 Å². The smallest absolute Gasteiger partial charge is 0.306 e. The van der Waals surface area contributed by atoms with E-state index in [0.29, 0.717) is 25.7 Å². The molecular formula is C75H118O6. The van der Waals surface area contributed by atoms with E-state index < -0.39 is 6.10 Å². The number of carbonyl (C=O) groups excluding carboxylic acids is 3. The first-order chi connectivity index (χ1) is 40.0. The number of rotatable bonds is 57. The zero-order valence-corrected chi connectivity index (χ0v) is 52.0. The average molecular weight is 1120 g/mol. The molecule has 0 saturated carbocycles. The SMILES string of the molecule is CC/C=C\C/C=C\C/C=C\C/C=C\C/C=C\C/C=C\C/C=C\C/C=C\C/C=C\C/C=C\CCCCC(=O)OCC(COC(=O)CCCCCCC/C=C\CCCCCC)OC(=O)CCCCCCCCC/C=C\C/C=C\C/C=C\CC. The van der Waals surface area contributed by atoms with Crippen molar-refractivity contribution in [2.45, 2.75) is 271 Å². The van der Waals surface area contributed by atoms with Gasteiger partial charge in [-0.3, -0.25) is 14.4 Å². The quantitative estimate of drug-likeness (QED) is 0.0261. The summed E-state index contributed by atoms with van der Waals surface area (Å²) < 4.78 is 16.9. The van der Waals surface area contributed by atoms with Crippen molar-refractivity contribution in [3.05, 3.63) is 170 Å². The average Bonchev–Trinajstić information content (AvgIpc) is 3.46. The molecule has 0 aromatic heterocycles. The molecule has 0 radical (unpaired) electrons. The van der Waals surface area contributed by atoms with Gasteiger partial charge in [0.15, 0.2) is 6.10 Å². The van der Waals surface area contributed by atoms with Crippen LogP contribution in [-0.4, -0.2) is 37.2 Å². The molecule has 0 heterocycles. The first-order valence-electron chi connectivity index (χ1n) is 32.6. The molecule has 1 unspecified atom stereocenters. The molecule has 0 aliphatic heterocycles. The summed E-state index contributed by atoms with van der Waals surface area (Å²) in [5.74, 6) is -0.975. The Morgan fingerprint density at radius 3 is 0.790 bits per heavy atom. The van der Waals surface area contributed by atoms with E-state index in [9.17, 15) is 14.4 Å². The Bertz CT molecular complexity index is 1860. The Balaban J connectivity index is 4.41. The zero-order valence-electron chi connectivity index (χ0n) is 52.0. The van der Waals surface area contributed by atoms with Gasteiger partial charge in [-0.15, -0.1) is 0 Å². The second-order valence-corrected chi connectivity index (χ2v) is 20.9. The van der Waals surface area contributed by atoms with Gasteiger partial charge in [0.25, 0.3) is 0 Å². The van der Waals surface area contributed by atoms with Crippen LogP contribution in [0.2, 0.25) is 0 Å². The molecule has 0 amide bonds. The largest absolute Gasteiger partial charge is 0.462 e. The Morgan fingerprint density at radius 1 is 0.259 bits per heavy atom. The summed E-state index contributed by atoms with van der Waals surface area (Å²) in [4.78, 5) is 38.3. The fourth-order valence-corrected chi connectivity index (χ4v) is 8.36. The molecule has 6 nitrogen and oxygen atoms in total. The molecule has 0 bridgehead atoms. The minimum Gasteiger partial charge on any atom is -0.462 e. The minimum atomic E-state index is -0.814. The van der Waals surface area contributed by atoms with Crippen molar-refractivity contribution in [2.75, 3.05) is 13.2 Å². The van der Waals surface area contributed by atoms with Crippen LogP contribution in [0.1, 0.15) is 265 Å². The lowest BCUT2D eigenvalue weighted by molar-refractivity contribution is -0.167. The number of allylic oxidation sites excluding steroid dienone is 28. The summed E-state index contributed by atoms with van der Waals surface area (Å²) in [6, 6.07) is 0. The summed E-state index contributed by atoms with van der Waals surface area (Å²) in [5, 5.41) is 0. The first-order valence-corrected chi connectivity index (χ1v) is 32.6. The second-order valence-electron chi connectivity index (χ2n) is 20.9. The molecule has 0 aromatic rings. The molecule has 454 valence electrons. The molecule has 0 aliphatic carbocycles. The molecule has 1 atom stereocenters. The first kappa shape index (κ1) is 75.8. The van der Waals surface area contributed by atoms with Gasteiger partial charge in [0.2, 0.25) is 0 Å². The van der Waals surface area contributed by atoms with Gasteiger partial charge in [0.1, 0.15) is 13.2 Å². The van der Waals surface area contributed by atoms with Crippen LogP contribution < -0.4 is 0 Å². The van der Waals surface area contributed by atoms with E-state index in [2.05, 4.69) is 191 Å². The molecule has 6 heteroatoms. The predicted molar refractivity (Wildman–Crippen MR) is 352 cm³/mol. The van der Waals surface area contributed by atoms with Crippen LogP contribution >= 0.6 is 0 Å². The highest BCUT2D eigenvalue weighted by Gasteiger charge is 2.19. The van der Waals surface area contributed by atoms with Gasteiger partial charge in [-0.05, 0) is 154 Å². The van der Waals surface area contributed by atoms with Gasteiger partial charge < -0.3 is 14.2 Å². The lowest BCUT2D eigenvalue weighted by Crippen LogP contribution is -2.30. The number of ether oxygens (including phenoxy) is 3. The van der Waals surface area contributed by atoms with Gasteiger partial charge in [0.05, 0.1) is 0 Å². The van der Waals surface area contributed by atoms with Gasteiger partial charge in [-0.1, -0.05) is 262 Å². The van der Waals surface area contributed by atoms with Crippen LogP contribution in [0.3, 0.4) is 0 Å². The van der Waals surface area contributed by atoms with E-state index in [1.165, 1.54) is 57.8 Å². The number of unbranched alkanes of at least 4 members (excludes halogenated alkanes) is 18. The van der Waals surface area contributed by atoms with Crippen molar-refractivity contribution in [1.29, 1.82) is 0 Å². The summed E-state index contributed by atoms with van der Waals surface area (Å²) in [6.07, 6.45) is 99.3. The van der Waals surface area contributed by atoms with Crippen molar-refractivity contribution in [2.24, 2.45) is 0 Å². The van der Waals surface area contributed by atoms with Crippen LogP contribution in [0, 0.1) is 0 Å². The number of hydrogen-bond donors (Lipinski definition) is 0. The number of carbonyl (C=O) groups is 3. The van der Waals surface area contributed by atoms with Crippen molar-refractivity contribution >= 4 is 17.9 Å². The molecule has 0 aliphatic rings. The highest BCUT2D eigenvalue weighted by molar-refractivity contribution is 5.71. The third kappa shape index (κ3) is 65.5. The van der Waals surface area contributed by atoms with Gasteiger partial charge in [0, 0.05) is 19.3 Å². The van der Waals surface area contributed by atoms with Gasteiger partial charge in [-0.2, -0.15) is 0 Å². The molecule has 0 saturated heterocycles. The van der Waals surface area contributed by atoms with E-state index in [1.807, 2.05) is 0 Å². The highest BCUT2D eigenvalue weighted by atomic mass is 16.6. The Morgan fingerprint density at radius 2 is 0.481 bits per heavy atom. The Labute approximate surface area is 498 Å². The monoisotopic (exact) mass is 1110 g/mol. The summed E-state index contributed by atoms with van der Waals surface area (Å²) in [5.41, 5.74) is 0. The predicted octanol–water partition coefficient (Wildman–Crippen LogP) is 22.7. The molecule has 0 spiro atoms. The van der Waals surface area contributed by atoms with Crippen LogP contribution in [0.5, 0.6) is 0 Å². The lowest BCUT2D eigenvalue weighted by Gasteiger charge is -2.18.